The van der Waals surface area contributed by atoms with Gasteiger partial charge in [0.15, 0.2) is 11.5 Å². The number of benzene rings is 2. The molecule has 5 nitrogen and oxygen atoms in total. The molecule has 0 aromatic heterocycles. The quantitative estimate of drug-likeness (QED) is 0.850. The standard InChI is InChI=1S/C15H14ClNO4/c1-20-13-6-3-9(7-14(13)21-2)15(19)17-10-4-5-12(18)11(16)8-10/h3-8,18H,1-2H3,(H,17,19). The zero-order valence-electron chi connectivity index (χ0n) is 11.5. The van der Waals surface area contributed by atoms with Gasteiger partial charge < -0.3 is 19.9 Å². The Morgan fingerprint density at radius 3 is 2.43 bits per heavy atom. The van der Waals surface area contributed by atoms with Gasteiger partial charge in [0, 0.05) is 11.3 Å². The van der Waals surface area contributed by atoms with Crippen LogP contribution in [0, 0.1) is 0 Å². The van der Waals surface area contributed by atoms with Gasteiger partial charge in [-0.15, -0.1) is 0 Å². The van der Waals surface area contributed by atoms with Crippen molar-refractivity contribution in [3.05, 3.63) is 47.0 Å². The predicted octanol–water partition coefficient (Wildman–Crippen LogP) is 3.32. The van der Waals surface area contributed by atoms with Crippen LogP contribution in [0.3, 0.4) is 0 Å². The minimum Gasteiger partial charge on any atom is -0.506 e. The van der Waals surface area contributed by atoms with Crippen LogP contribution in [0.25, 0.3) is 0 Å². The Morgan fingerprint density at radius 2 is 1.81 bits per heavy atom. The number of aromatic hydroxyl groups is 1. The number of methoxy groups -OCH3 is 2. The summed E-state index contributed by atoms with van der Waals surface area (Å²) in [6, 6.07) is 9.29. The highest BCUT2D eigenvalue weighted by Crippen LogP contribution is 2.29. The normalized spacial score (nSPS) is 10.0. The van der Waals surface area contributed by atoms with Crippen LogP contribution in [-0.4, -0.2) is 25.2 Å². The molecule has 0 saturated heterocycles. The SMILES string of the molecule is COc1ccc(C(=O)Nc2ccc(O)c(Cl)c2)cc1OC. The van der Waals surface area contributed by atoms with E-state index < -0.39 is 0 Å². The second-order valence-corrected chi connectivity index (χ2v) is 4.60. The molecule has 0 bridgehead atoms. The van der Waals surface area contributed by atoms with E-state index in [0.29, 0.717) is 22.7 Å². The lowest BCUT2D eigenvalue weighted by Crippen LogP contribution is -2.12. The van der Waals surface area contributed by atoms with Gasteiger partial charge in [-0.2, -0.15) is 0 Å². The topological polar surface area (TPSA) is 67.8 Å². The van der Waals surface area contributed by atoms with Crippen molar-refractivity contribution >= 4 is 23.2 Å². The van der Waals surface area contributed by atoms with Crippen LogP contribution in [-0.2, 0) is 0 Å². The molecule has 0 fully saturated rings. The second kappa shape index (κ2) is 6.37. The highest BCUT2D eigenvalue weighted by atomic mass is 35.5. The Bertz CT molecular complexity index is 673. The maximum Gasteiger partial charge on any atom is 0.255 e. The van der Waals surface area contributed by atoms with Crippen molar-refractivity contribution in [1.82, 2.24) is 0 Å². The molecule has 0 aliphatic rings. The van der Waals surface area contributed by atoms with E-state index in [0.717, 1.165) is 0 Å². The van der Waals surface area contributed by atoms with Crippen molar-refractivity contribution in [3.63, 3.8) is 0 Å². The number of nitrogens with one attached hydrogen (secondary N) is 1. The summed E-state index contributed by atoms with van der Waals surface area (Å²) in [5, 5.41) is 12.2. The number of amides is 1. The third kappa shape index (κ3) is 3.38. The summed E-state index contributed by atoms with van der Waals surface area (Å²) in [5.74, 6) is 0.647. The number of hydrogen-bond acceptors (Lipinski definition) is 4. The summed E-state index contributed by atoms with van der Waals surface area (Å²) in [5.41, 5.74) is 0.898. The summed E-state index contributed by atoms with van der Waals surface area (Å²) in [4.78, 5) is 12.2. The molecule has 0 aliphatic heterocycles. The van der Waals surface area contributed by atoms with Gasteiger partial charge in [0.1, 0.15) is 5.75 Å². The van der Waals surface area contributed by atoms with E-state index in [1.165, 1.54) is 26.4 Å². The lowest BCUT2D eigenvalue weighted by Gasteiger charge is -2.10. The van der Waals surface area contributed by atoms with Crippen LogP contribution >= 0.6 is 11.6 Å². The van der Waals surface area contributed by atoms with E-state index in [-0.39, 0.29) is 16.7 Å². The zero-order chi connectivity index (χ0) is 15.4. The van der Waals surface area contributed by atoms with Gasteiger partial charge in [-0.3, -0.25) is 4.79 Å². The maximum atomic E-state index is 12.2. The smallest absolute Gasteiger partial charge is 0.255 e. The Kier molecular flexibility index (Phi) is 4.55. The molecule has 1 amide bonds. The van der Waals surface area contributed by atoms with E-state index >= 15 is 0 Å². The fourth-order valence-electron chi connectivity index (χ4n) is 1.77. The molecular formula is C15H14ClNO4. The van der Waals surface area contributed by atoms with E-state index in [4.69, 9.17) is 21.1 Å². The third-order valence-corrected chi connectivity index (χ3v) is 3.15. The minimum absolute atomic E-state index is 0.0409. The number of ether oxygens (including phenoxy) is 2. The van der Waals surface area contributed by atoms with Crippen molar-refractivity contribution in [2.75, 3.05) is 19.5 Å². The van der Waals surface area contributed by atoms with Crippen LogP contribution in [0.15, 0.2) is 36.4 Å². The highest BCUT2D eigenvalue weighted by molar-refractivity contribution is 6.32. The Balaban J connectivity index is 2.21. The highest BCUT2D eigenvalue weighted by Gasteiger charge is 2.11. The van der Waals surface area contributed by atoms with Crippen molar-refractivity contribution in [1.29, 1.82) is 0 Å². The molecule has 2 N–H and O–H groups in total. The Hall–Kier alpha value is -2.40. The van der Waals surface area contributed by atoms with E-state index in [2.05, 4.69) is 5.32 Å². The number of hydrogen-bond donors (Lipinski definition) is 2. The molecule has 6 heteroatoms. The first kappa shape index (κ1) is 15.0. The number of anilines is 1. The monoisotopic (exact) mass is 307 g/mol. The van der Waals surface area contributed by atoms with Gasteiger partial charge in [-0.1, -0.05) is 11.6 Å². The van der Waals surface area contributed by atoms with Gasteiger partial charge in [0.2, 0.25) is 0 Å². The molecule has 2 aromatic carbocycles. The number of rotatable bonds is 4. The average molecular weight is 308 g/mol. The average Bonchev–Trinajstić information content (AvgIpc) is 2.50. The van der Waals surface area contributed by atoms with Crippen LogP contribution in [0.2, 0.25) is 5.02 Å². The molecule has 0 saturated carbocycles. The molecule has 2 aromatic rings. The van der Waals surface area contributed by atoms with E-state index in [1.54, 1.807) is 24.3 Å². The Labute approximate surface area is 127 Å². The predicted molar refractivity (Wildman–Crippen MR) is 80.6 cm³/mol. The summed E-state index contributed by atoms with van der Waals surface area (Å²) in [7, 11) is 3.02. The Morgan fingerprint density at radius 1 is 1.10 bits per heavy atom. The number of halogens is 1. The molecule has 0 atom stereocenters. The van der Waals surface area contributed by atoms with Gasteiger partial charge in [-0.05, 0) is 36.4 Å². The van der Waals surface area contributed by atoms with E-state index in [1.807, 2.05) is 0 Å². The summed E-state index contributed by atoms with van der Waals surface area (Å²) in [6.45, 7) is 0. The summed E-state index contributed by atoms with van der Waals surface area (Å²) >= 11 is 5.79. The second-order valence-electron chi connectivity index (χ2n) is 4.19. The fourth-order valence-corrected chi connectivity index (χ4v) is 1.95. The fraction of sp³-hybridized carbons (Fsp3) is 0.133. The molecule has 0 spiro atoms. The number of carbonyl (C=O) groups excluding carboxylic acids is 1. The third-order valence-electron chi connectivity index (χ3n) is 2.85. The first-order chi connectivity index (χ1) is 10.0. The molecule has 0 unspecified atom stereocenters. The first-order valence-corrected chi connectivity index (χ1v) is 6.45. The first-order valence-electron chi connectivity index (χ1n) is 6.07. The van der Waals surface area contributed by atoms with Crippen molar-refractivity contribution in [3.8, 4) is 17.2 Å². The lowest BCUT2D eigenvalue weighted by atomic mass is 10.2. The van der Waals surface area contributed by atoms with Crippen LogP contribution < -0.4 is 14.8 Å². The van der Waals surface area contributed by atoms with Crippen molar-refractivity contribution in [2.45, 2.75) is 0 Å². The van der Waals surface area contributed by atoms with Crippen LogP contribution in [0.5, 0.6) is 17.2 Å². The molecule has 21 heavy (non-hydrogen) atoms. The van der Waals surface area contributed by atoms with Gasteiger partial charge >= 0.3 is 0 Å². The largest absolute Gasteiger partial charge is 0.506 e. The maximum absolute atomic E-state index is 12.2. The number of phenolic OH excluding ortho intramolecular Hbond substituents is 1. The van der Waals surface area contributed by atoms with E-state index in [9.17, 15) is 9.90 Å². The van der Waals surface area contributed by atoms with Crippen molar-refractivity contribution < 1.29 is 19.4 Å². The molecular weight excluding hydrogens is 294 g/mol. The van der Waals surface area contributed by atoms with Gasteiger partial charge in [0.25, 0.3) is 5.91 Å². The number of carbonyl (C=O) groups is 1. The molecule has 0 radical (unpaired) electrons. The van der Waals surface area contributed by atoms with Gasteiger partial charge in [0.05, 0.1) is 19.2 Å². The molecule has 0 aliphatic carbocycles. The zero-order valence-corrected chi connectivity index (χ0v) is 12.3. The minimum atomic E-state index is -0.322. The van der Waals surface area contributed by atoms with Crippen LogP contribution in [0.4, 0.5) is 5.69 Å². The molecule has 0 heterocycles. The van der Waals surface area contributed by atoms with Crippen molar-refractivity contribution in [2.24, 2.45) is 0 Å². The molecule has 110 valence electrons. The number of phenols is 1. The summed E-state index contributed by atoms with van der Waals surface area (Å²) in [6.07, 6.45) is 0. The lowest BCUT2D eigenvalue weighted by molar-refractivity contribution is 0.102. The molecule has 2 rings (SSSR count). The van der Waals surface area contributed by atoms with Crippen LogP contribution in [0.1, 0.15) is 10.4 Å². The summed E-state index contributed by atoms with van der Waals surface area (Å²) < 4.78 is 10.3. The van der Waals surface area contributed by atoms with Gasteiger partial charge in [-0.25, -0.2) is 0 Å².